The topological polar surface area (TPSA) is 43.8 Å². The van der Waals surface area contributed by atoms with Crippen molar-refractivity contribution in [3.8, 4) is 0 Å². The molecule has 0 aliphatic heterocycles. The maximum Gasteiger partial charge on any atom is 0.117 e. The van der Waals surface area contributed by atoms with Gasteiger partial charge in [-0.3, -0.25) is 0 Å². The Balaban J connectivity index is 2.79. The largest absolute Gasteiger partial charge is 0.325 e. The Morgan fingerprint density at radius 2 is 1.80 bits per heavy atom. The Kier molecular flexibility index (Phi) is 3.76. The van der Waals surface area contributed by atoms with Gasteiger partial charge in [-0.05, 0) is 45.9 Å². The predicted octanol–water partition coefficient (Wildman–Crippen LogP) is 4.39. The first kappa shape index (κ1) is 15.5. The third-order valence-corrected chi connectivity index (χ3v) is 4.83. The van der Waals surface area contributed by atoms with Gasteiger partial charge in [-0.25, -0.2) is 4.98 Å². The van der Waals surface area contributed by atoms with Crippen LogP contribution in [0.1, 0.15) is 53.4 Å². The first-order valence-electron chi connectivity index (χ1n) is 7.02. The molecule has 0 aliphatic carbocycles. The molecule has 0 saturated heterocycles. The number of hydrogen-bond donors (Lipinski definition) is 1. The number of rotatable bonds is 3. The van der Waals surface area contributed by atoms with Crippen LogP contribution in [0.3, 0.4) is 0 Å². The number of benzene rings is 1. The molecule has 1 aromatic carbocycles. The molecular weight excluding hydrogens is 314 g/mol. The summed E-state index contributed by atoms with van der Waals surface area (Å²) in [5.41, 5.74) is 8.01. The van der Waals surface area contributed by atoms with E-state index in [1.54, 1.807) is 0 Å². The molecule has 0 radical (unpaired) electrons. The van der Waals surface area contributed by atoms with E-state index in [1.807, 2.05) is 0 Å². The van der Waals surface area contributed by atoms with Crippen LogP contribution in [0.2, 0.25) is 0 Å². The minimum atomic E-state index is -0.349. The number of halogens is 1. The van der Waals surface area contributed by atoms with Gasteiger partial charge in [-0.1, -0.05) is 29.8 Å². The van der Waals surface area contributed by atoms with Gasteiger partial charge in [-0.2, -0.15) is 0 Å². The number of nitrogens with zero attached hydrogens (tertiary/aromatic N) is 2. The van der Waals surface area contributed by atoms with Crippen molar-refractivity contribution < 1.29 is 0 Å². The summed E-state index contributed by atoms with van der Waals surface area (Å²) in [6.07, 6.45) is 0. The molecule has 3 nitrogen and oxygen atoms in total. The van der Waals surface area contributed by atoms with Crippen LogP contribution < -0.4 is 5.73 Å². The van der Waals surface area contributed by atoms with Gasteiger partial charge in [-0.15, -0.1) is 0 Å². The molecular formula is C16H24BrN3. The number of hydrogen-bond acceptors (Lipinski definition) is 2. The summed E-state index contributed by atoms with van der Waals surface area (Å²) in [6.45, 7) is 12.8. The van der Waals surface area contributed by atoms with Gasteiger partial charge in [0.1, 0.15) is 5.82 Å². The highest BCUT2D eigenvalue weighted by Gasteiger charge is 2.39. The van der Waals surface area contributed by atoms with Crippen LogP contribution >= 0.6 is 15.9 Å². The zero-order valence-electron chi connectivity index (χ0n) is 13.2. The Hall–Kier alpha value is -0.870. The second-order valence-corrected chi connectivity index (χ2v) is 7.79. The summed E-state index contributed by atoms with van der Waals surface area (Å²) < 4.78 is 3.35. The average molecular weight is 338 g/mol. The van der Waals surface area contributed by atoms with Gasteiger partial charge in [0.25, 0.3) is 0 Å². The van der Waals surface area contributed by atoms with Crippen molar-refractivity contribution in [1.82, 2.24) is 9.55 Å². The zero-order valence-corrected chi connectivity index (χ0v) is 14.7. The zero-order chi connectivity index (χ0) is 15.3. The quantitative estimate of drug-likeness (QED) is 0.902. The molecule has 0 unspecified atom stereocenters. The highest BCUT2D eigenvalue weighted by Crippen LogP contribution is 2.36. The first-order chi connectivity index (χ1) is 9.05. The second-order valence-electron chi connectivity index (χ2n) is 6.88. The van der Waals surface area contributed by atoms with Crippen LogP contribution in [0, 0.1) is 0 Å². The van der Waals surface area contributed by atoms with Crippen molar-refractivity contribution >= 4 is 27.0 Å². The molecule has 0 fully saturated rings. The Morgan fingerprint density at radius 3 is 2.30 bits per heavy atom. The van der Waals surface area contributed by atoms with Gasteiger partial charge >= 0.3 is 0 Å². The molecule has 110 valence electrons. The SMILES string of the molecule is CC(C)n1c(C(C)(C)C(C)(C)N)nc2cc(Br)ccc21. The smallest absolute Gasteiger partial charge is 0.117 e. The molecule has 0 bridgehead atoms. The maximum absolute atomic E-state index is 6.40. The van der Waals surface area contributed by atoms with Crippen LogP contribution in [0.4, 0.5) is 0 Å². The standard InChI is InChI=1S/C16H24BrN3/c1-10(2)20-13-8-7-11(17)9-12(13)19-14(20)15(3,4)16(5,6)18/h7-10H,18H2,1-6H3. The molecule has 2 rings (SSSR count). The molecule has 0 atom stereocenters. The van der Waals surface area contributed by atoms with E-state index < -0.39 is 0 Å². The number of fused-ring (bicyclic) bond motifs is 1. The van der Waals surface area contributed by atoms with Gasteiger partial charge in [0, 0.05) is 21.5 Å². The van der Waals surface area contributed by atoms with E-state index in [-0.39, 0.29) is 11.0 Å². The van der Waals surface area contributed by atoms with Crippen molar-refractivity contribution in [2.24, 2.45) is 5.73 Å². The number of nitrogens with two attached hydrogens (primary N) is 1. The van der Waals surface area contributed by atoms with Crippen molar-refractivity contribution in [2.45, 2.75) is 58.5 Å². The normalized spacial score (nSPS) is 13.4. The van der Waals surface area contributed by atoms with Crippen molar-refractivity contribution in [3.63, 3.8) is 0 Å². The van der Waals surface area contributed by atoms with Crippen LogP contribution in [0.15, 0.2) is 22.7 Å². The molecule has 0 amide bonds. The summed E-state index contributed by atoms with van der Waals surface area (Å²) in [4.78, 5) is 4.89. The van der Waals surface area contributed by atoms with Crippen molar-refractivity contribution in [2.75, 3.05) is 0 Å². The lowest BCUT2D eigenvalue weighted by Crippen LogP contribution is -2.51. The lowest BCUT2D eigenvalue weighted by atomic mass is 9.74. The second kappa shape index (κ2) is 4.85. The van der Waals surface area contributed by atoms with Crippen molar-refractivity contribution in [1.29, 1.82) is 0 Å². The van der Waals surface area contributed by atoms with E-state index in [0.29, 0.717) is 6.04 Å². The fraction of sp³-hybridized carbons (Fsp3) is 0.562. The summed E-state index contributed by atoms with van der Waals surface area (Å²) in [6, 6.07) is 6.60. The highest BCUT2D eigenvalue weighted by atomic mass is 79.9. The van der Waals surface area contributed by atoms with E-state index in [1.165, 1.54) is 0 Å². The fourth-order valence-corrected chi connectivity index (χ4v) is 2.67. The molecule has 1 heterocycles. The van der Waals surface area contributed by atoms with Crippen LogP contribution in [0.5, 0.6) is 0 Å². The Morgan fingerprint density at radius 1 is 1.20 bits per heavy atom. The third-order valence-electron chi connectivity index (χ3n) is 4.34. The van der Waals surface area contributed by atoms with Gasteiger partial charge in [0.15, 0.2) is 0 Å². The van der Waals surface area contributed by atoms with Crippen molar-refractivity contribution in [3.05, 3.63) is 28.5 Å². The average Bonchev–Trinajstić information content (AvgIpc) is 2.66. The summed E-state index contributed by atoms with van der Waals surface area (Å²) in [5, 5.41) is 0. The van der Waals surface area contributed by atoms with Crippen LogP contribution in [0.25, 0.3) is 11.0 Å². The van der Waals surface area contributed by atoms with Crippen LogP contribution in [-0.4, -0.2) is 15.1 Å². The van der Waals surface area contributed by atoms with Gasteiger partial charge in [0.2, 0.25) is 0 Å². The molecule has 20 heavy (non-hydrogen) atoms. The van der Waals surface area contributed by atoms with E-state index in [2.05, 4.69) is 80.2 Å². The minimum Gasteiger partial charge on any atom is -0.325 e. The van der Waals surface area contributed by atoms with Crippen LogP contribution in [-0.2, 0) is 5.41 Å². The Labute approximate surface area is 129 Å². The molecule has 0 saturated carbocycles. The van der Waals surface area contributed by atoms with Gasteiger partial charge < -0.3 is 10.3 Å². The highest BCUT2D eigenvalue weighted by molar-refractivity contribution is 9.10. The van der Waals surface area contributed by atoms with E-state index in [4.69, 9.17) is 10.7 Å². The maximum atomic E-state index is 6.40. The van der Waals surface area contributed by atoms with E-state index in [0.717, 1.165) is 21.3 Å². The third kappa shape index (κ3) is 2.40. The summed E-state index contributed by atoms with van der Waals surface area (Å²) in [5.74, 6) is 1.05. The van der Waals surface area contributed by atoms with E-state index in [9.17, 15) is 0 Å². The molecule has 2 aromatic rings. The first-order valence-corrected chi connectivity index (χ1v) is 7.82. The summed E-state index contributed by atoms with van der Waals surface area (Å²) in [7, 11) is 0. The molecule has 1 aromatic heterocycles. The molecule has 0 aliphatic rings. The summed E-state index contributed by atoms with van der Waals surface area (Å²) >= 11 is 3.52. The molecule has 0 spiro atoms. The predicted molar refractivity (Wildman–Crippen MR) is 89.1 cm³/mol. The molecule has 4 heteroatoms. The fourth-order valence-electron chi connectivity index (χ4n) is 2.32. The lowest BCUT2D eigenvalue weighted by Gasteiger charge is -2.38. The number of aromatic nitrogens is 2. The lowest BCUT2D eigenvalue weighted by molar-refractivity contribution is 0.279. The van der Waals surface area contributed by atoms with Gasteiger partial charge in [0.05, 0.1) is 11.0 Å². The van der Waals surface area contributed by atoms with E-state index >= 15 is 0 Å². The minimum absolute atomic E-state index is 0.219. The number of imidazole rings is 1. The monoisotopic (exact) mass is 337 g/mol. The molecule has 2 N–H and O–H groups in total. The Bertz CT molecular complexity index is 633.